The smallest absolute Gasteiger partial charge is 0.237 e. The van der Waals surface area contributed by atoms with Gasteiger partial charge in [0.25, 0.3) is 0 Å². The molecular formula is C98H92Cl5N21O6S3. The van der Waals surface area contributed by atoms with Gasteiger partial charge in [0.05, 0.1) is 94.9 Å². The van der Waals surface area contributed by atoms with E-state index in [4.69, 9.17) is 88.4 Å². The normalized spacial score (nSPS) is 10.6. The molecule has 0 unspecified atom stereocenters. The number of nitrogens with two attached hydrogens (primary N) is 2. The highest BCUT2D eigenvalue weighted by Gasteiger charge is 2.28. The van der Waals surface area contributed by atoms with Crippen LogP contribution in [0.1, 0.15) is 128 Å². The molecule has 8 aromatic carbocycles. The minimum atomic E-state index is -3.71. The molecule has 133 heavy (non-hydrogen) atoms. The maximum absolute atomic E-state index is 12.8. The van der Waals surface area contributed by atoms with Gasteiger partial charge >= 0.3 is 0 Å². The van der Waals surface area contributed by atoms with Crippen LogP contribution in [0.2, 0.25) is 15.7 Å². The van der Waals surface area contributed by atoms with Gasteiger partial charge in [-0.1, -0.05) is 48.0 Å². The summed E-state index contributed by atoms with van der Waals surface area (Å²) in [6, 6.07) is 62.8. The molecule has 0 radical (unpaired) electrons. The van der Waals surface area contributed by atoms with Crippen molar-refractivity contribution in [3.63, 3.8) is 0 Å². The molecule has 5 N–H and O–H groups in total. The molecule has 0 aliphatic heterocycles. The van der Waals surface area contributed by atoms with Crippen LogP contribution in [0.4, 0.5) is 45.9 Å². The molecule has 0 amide bonds. The Morgan fingerprint density at radius 3 is 1.01 bits per heavy atom. The summed E-state index contributed by atoms with van der Waals surface area (Å²) >= 11 is 16.6. The first-order chi connectivity index (χ1) is 62.1. The number of nitrogens with zero attached hydrogens (tertiary/aromatic N) is 18. The molecule has 678 valence electrons. The number of benzene rings is 8. The minimum absolute atomic E-state index is 0. The molecule has 0 bridgehead atoms. The highest BCUT2D eigenvalue weighted by atomic mass is 35.5. The van der Waals surface area contributed by atoms with E-state index in [1.165, 1.54) is 65.6 Å². The van der Waals surface area contributed by atoms with E-state index in [2.05, 4.69) is 57.3 Å². The Balaban J connectivity index is 0.000000338. The third-order valence-electron chi connectivity index (χ3n) is 18.3. The zero-order valence-corrected chi connectivity index (χ0v) is 80.9. The first-order valence-electron chi connectivity index (χ1n) is 39.2. The number of anilines is 8. The lowest BCUT2D eigenvalue weighted by atomic mass is 10.0. The number of aromatic nitrogens is 8. The molecule has 12 rings (SSSR count). The van der Waals surface area contributed by atoms with E-state index in [0.29, 0.717) is 63.4 Å². The maximum Gasteiger partial charge on any atom is 0.237 e. The van der Waals surface area contributed by atoms with Crippen molar-refractivity contribution in [3.05, 3.63) is 357 Å². The number of nitriles is 8. The Bertz CT molecular complexity index is 6900. The lowest BCUT2D eigenvalue weighted by molar-refractivity contribution is 0.599. The Morgan fingerprint density at radius 1 is 0.376 bits per heavy atom. The Hall–Kier alpha value is -15.0. The average Bonchev–Trinajstić information content (AvgIpc) is 0.775. The highest BCUT2D eigenvalue weighted by molar-refractivity contribution is 7.92. The zero-order valence-electron chi connectivity index (χ0n) is 74.5. The van der Waals surface area contributed by atoms with Gasteiger partial charge in [0, 0.05) is 103 Å². The lowest BCUT2D eigenvalue weighted by Crippen LogP contribution is -2.27. The second-order valence-corrected chi connectivity index (χ2v) is 35.9. The number of hydrogen-bond acceptors (Lipinski definition) is 25. The van der Waals surface area contributed by atoms with E-state index in [9.17, 15) is 25.3 Å². The SMILES string of the molecule is Cc1cc(/C=C/C#N)cc(C)c1CS(C)(=O)=O.Cc1cc(/C=C/C#N)cc(C)c1N.Cc1cc(/C=C/C#N)cc(C)c1N(c1ccnc(Cc2ccc(C#N)cc2)n1)S(C)(=O)=O.Cc1cc(/C=C/C#N)cc(C)c1N(c1ccnc(Cl)n1)S(C)(=O)=O.Cc1cc(/C=C/C#N)cc(C)c1Nc1ccnc(Cc2ccc(C#N)cc2)n1.Cl.Cl.Clc1ccnc(Cl)n1.N#Cc1ccc(N)cc1. The number of rotatable bonds is 19. The molecule has 0 saturated carbocycles. The molecule has 0 aliphatic carbocycles. The van der Waals surface area contributed by atoms with Crippen molar-refractivity contribution in [2.24, 2.45) is 0 Å². The fourth-order valence-corrected chi connectivity index (χ4v) is 16.3. The summed E-state index contributed by atoms with van der Waals surface area (Å²) in [7, 11) is -10.4. The summed E-state index contributed by atoms with van der Waals surface area (Å²) in [5.41, 5.74) is 33.0. The number of sulfone groups is 1. The Morgan fingerprint density at radius 2 is 0.684 bits per heavy atom. The summed E-state index contributed by atoms with van der Waals surface area (Å²) in [6.07, 6.45) is 26.3. The van der Waals surface area contributed by atoms with Crippen LogP contribution in [0.25, 0.3) is 30.4 Å². The molecule has 12 aromatic rings. The van der Waals surface area contributed by atoms with Crippen LogP contribution in [0.5, 0.6) is 0 Å². The van der Waals surface area contributed by atoms with E-state index >= 15 is 0 Å². The molecule has 0 aliphatic rings. The van der Waals surface area contributed by atoms with Crippen LogP contribution >= 0.6 is 59.6 Å². The number of nitrogen functional groups attached to an aromatic ring is 2. The number of hydrogen-bond donors (Lipinski definition) is 3. The van der Waals surface area contributed by atoms with Gasteiger partial charge in [-0.25, -0.2) is 68.8 Å². The van der Waals surface area contributed by atoms with Gasteiger partial charge in [0.1, 0.15) is 22.6 Å². The van der Waals surface area contributed by atoms with E-state index in [0.717, 1.165) is 134 Å². The number of allylic oxidation sites excluding steroid dienone is 5. The quantitative estimate of drug-likeness (QED) is 0.0293. The van der Waals surface area contributed by atoms with Crippen LogP contribution in [0.3, 0.4) is 0 Å². The highest BCUT2D eigenvalue weighted by Crippen LogP contribution is 2.37. The Labute approximate surface area is 804 Å². The van der Waals surface area contributed by atoms with Gasteiger partial charge in [0.15, 0.2) is 21.5 Å². The number of nitrogens with one attached hydrogen (secondary N) is 1. The van der Waals surface area contributed by atoms with E-state index in [-0.39, 0.29) is 52.8 Å². The van der Waals surface area contributed by atoms with E-state index in [1.807, 2.05) is 171 Å². The summed E-state index contributed by atoms with van der Waals surface area (Å²) in [5.74, 6) is 2.38. The van der Waals surface area contributed by atoms with E-state index < -0.39 is 29.9 Å². The fourth-order valence-electron chi connectivity index (χ4n) is 12.7. The van der Waals surface area contributed by atoms with Crippen molar-refractivity contribution in [2.75, 3.05) is 44.2 Å². The molecule has 4 heterocycles. The number of sulfonamides is 2. The first-order valence-corrected chi connectivity index (χ1v) is 46.1. The number of aryl methyl sites for hydroxylation is 10. The molecule has 4 aromatic heterocycles. The second-order valence-electron chi connectivity index (χ2n) is 29.0. The minimum Gasteiger partial charge on any atom is -0.399 e. The molecular weight excluding hydrogens is 1840 g/mol. The summed E-state index contributed by atoms with van der Waals surface area (Å²) < 4.78 is 75.3. The van der Waals surface area contributed by atoms with Gasteiger partial charge in [-0.05, 0) is 332 Å². The van der Waals surface area contributed by atoms with E-state index in [1.54, 1.807) is 123 Å². The molecule has 0 saturated heterocycles. The topological polar surface area (TPSA) is 466 Å². The van der Waals surface area contributed by atoms with Gasteiger partial charge in [-0.3, -0.25) is 0 Å². The third kappa shape index (κ3) is 36.5. The summed E-state index contributed by atoms with van der Waals surface area (Å²) in [5, 5.41) is 73.0. The molecule has 35 heteroatoms. The zero-order chi connectivity index (χ0) is 96.7. The monoisotopic (exact) mass is 1930 g/mol. The largest absolute Gasteiger partial charge is 0.399 e. The van der Waals surface area contributed by atoms with Gasteiger partial charge < -0.3 is 16.8 Å². The predicted molar refractivity (Wildman–Crippen MR) is 534 cm³/mol. The van der Waals surface area contributed by atoms with Crippen LogP contribution in [0.15, 0.2) is 213 Å². The first kappa shape index (κ1) is 110. The summed E-state index contributed by atoms with van der Waals surface area (Å²) in [4.78, 5) is 32.8. The lowest BCUT2D eigenvalue weighted by Gasteiger charge is -2.25. The molecule has 0 spiro atoms. The molecule has 0 atom stereocenters. The average molecular weight is 1930 g/mol. The standard InChI is InChI=1S/C24H21N5O2S.C23H19N5.C16H15ClN4O2S.C13H15NO2S.C11H12N2.C7H6N2.C4H2Cl2N2.2ClH/c1-17-13-21(5-4-11-25)14-18(2)24(17)29(32(3,30)31)23-10-12-27-22(28-23)15-19-6-8-20(16-26)9-7-19;1-16-12-20(4-3-10-24)13-17(2)23(16)28-21-9-11-26-22(27-21)14-18-5-7-19(15-25)8-6-18;1-11-9-13(5-4-7-18)10-12(2)15(11)21(24(3,22)23)14-6-8-19-16(17)20-14;1-10-7-12(5-4-6-14)8-11(2)13(10)9-17(3,15)16;1-8-6-10(4-3-5-12)7-9(2)11(8)13;8-5-6-1-3-7(9)4-2-6;5-3-1-2-7-4(6)8-3;;/h4-10,12-14H,15H2,1-3H3;3-9,11-13H,14H2,1-2H3,(H,26,27,28);4-6,8-10H,1-3H3;4-5,7-8H,9H2,1-3H3;3-4,6-7H,13H2,1-2H3;1-4H,9H2;1-2H;2*1H/b5-4+;4-3+;2*5-4+;4-3+;;;;. The van der Waals surface area contributed by atoms with Crippen molar-refractivity contribution in [3.8, 4) is 48.6 Å². The number of halogens is 5. The predicted octanol–water partition coefficient (Wildman–Crippen LogP) is 21.0. The van der Waals surface area contributed by atoms with Gasteiger partial charge in [-0.15, -0.1) is 24.8 Å². The van der Waals surface area contributed by atoms with Crippen molar-refractivity contribution < 1.29 is 25.3 Å². The van der Waals surface area contributed by atoms with Crippen molar-refractivity contribution in [2.45, 2.75) is 87.8 Å². The van der Waals surface area contributed by atoms with Crippen molar-refractivity contribution >= 4 is 166 Å². The fraction of sp³-hybridized carbons (Fsp3) is 0.163. The van der Waals surface area contributed by atoms with Gasteiger partial charge in [-0.2, -0.15) is 47.1 Å². The van der Waals surface area contributed by atoms with Crippen molar-refractivity contribution in [1.29, 1.82) is 42.1 Å². The molecule has 0 fully saturated rings. The molecule has 27 nitrogen and oxygen atoms in total. The Kier molecular flexibility index (Phi) is 44.7. The van der Waals surface area contributed by atoms with Crippen LogP contribution in [-0.2, 0) is 48.5 Å². The van der Waals surface area contributed by atoms with Crippen LogP contribution < -0.4 is 25.4 Å². The second kappa shape index (κ2) is 53.8. The van der Waals surface area contributed by atoms with Crippen LogP contribution in [-0.4, -0.2) is 83.9 Å². The van der Waals surface area contributed by atoms with Crippen molar-refractivity contribution in [1.82, 2.24) is 39.9 Å². The third-order valence-corrected chi connectivity index (χ3v) is 21.8. The van der Waals surface area contributed by atoms with Gasteiger partial charge in [0.2, 0.25) is 30.6 Å². The summed E-state index contributed by atoms with van der Waals surface area (Å²) in [6.45, 7) is 19.0. The maximum atomic E-state index is 12.8. The van der Waals surface area contributed by atoms with Crippen LogP contribution in [0, 0.1) is 160 Å².